The molecule has 0 aliphatic rings. The third kappa shape index (κ3) is 3.95. The predicted octanol–water partition coefficient (Wildman–Crippen LogP) is 3.33. The Morgan fingerprint density at radius 2 is 1.86 bits per heavy atom. The Morgan fingerprint density at radius 1 is 1.14 bits per heavy atom. The predicted molar refractivity (Wildman–Crippen MR) is 88.4 cm³/mol. The van der Waals surface area contributed by atoms with Crippen LogP contribution in [0.25, 0.3) is 10.8 Å². The molecule has 21 heavy (non-hydrogen) atoms. The molecule has 0 aliphatic carbocycles. The van der Waals surface area contributed by atoms with Crippen LogP contribution in [0.2, 0.25) is 0 Å². The van der Waals surface area contributed by atoms with Crippen molar-refractivity contribution >= 4 is 22.5 Å². The van der Waals surface area contributed by atoms with E-state index in [4.69, 9.17) is 5.73 Å². The highest BCUT2D eigenvalue weighted by Gasteiger charge is 2.15. The van der Waals surface area contributed by atoms with Gasteiger partial charge in [0.25, 0.3) is 0 Å². The Hall–Kier alpha value is -2.07. The largest absolute Gasteiger partial charge is 0.335 e. The number of hydrogen-bond acceptors (Lipinski definition) is 2. The van der Waals surface area contributed by atoms with Crippen LogP contribution in [0.3, 0.4) is 0 Å². The minimum atomic E-state index is -0.182. The molecule has 2 aromatic rings. The number of nitrogens with one attached hydrogen (secondary N) is 2. The van der Waals surface area contributed by atoms with E-state index in [1.165, 1.54) is 0 Å². The second-order valence-corrected chi connectivity index (χ2v) is 5.55. The van der Waals surface area contributed by atoms with Gasteiger partial charge in [0.1, 0.15) is 0 Å². The molecule has 4 N–H and O–H groups in total. The molecular formula is C17H23N3O. The van der Waals surface area contributed by atoms with Crippen LogP contribution in [0.4, 0.5) is 10.5 Å². The summed E-state index contributed by atoms with van der Waals surface area (Å²) in [7, 11) is 0. The van der Waals surface area contributed by atoms with Gasteiger partial charge in [-0.2, -0.15) is 0 Å². The van der Waals surface area contributed by atoms with E-state index in [1.54, 1.807) is 0 Å². The first-order chi connectivity index (χ1) is 10.1. The van der Waals surface area contributed by atoms with Gasteiger partial charge in [-0.15, -0.1) is 0 Å². The summed E-state index contributed by atoms with van der Waals surface area (Å²) in [5.41, 5.74) is 6.42. The number of urea groups is 1. The van der Waals surface area contributed by atoms with Gasteiger partial charge >= 0.3 is 6.03 Å². The number of fused-ring (bicyclic) bond motifs is 1. The van der Waals surface area contributed by atoms with E-state index in [9.17, 15) is 4.79 Å². The molecule has 4 heteroatoms. The minimum absolute atomic E-state index is 0.0879. The molecule has 1 atom stereocenters. The number of amides is 2. The van der Waals surface area contributed by atoms with Crippen molar-refractivity contribution in [3.63, 3.8) is 0 Å². The summed E-state index contributed by atoms with van der Waals surface area (Å²) in [6.45, 7) is 4.73. The lowest BCUT2D eigenvalue weighted by Crippen LogP contribution is -2.42. The number of nitrogens with two attached hydrogens (primary N) is 1. The molecule has 2 amide bonds. The highest BCUT2D eigenvalue weighted by Crippen LogP contribution is 2.22. The second-order valence-electron chi connectivity index (χ2n) is 5.55. The Kier molecular flexibility index (Phi) is 5.17. The highest BCUT2D eigenvalue weighted by molar-refractivity contribution is 6.01. The fourth-order valence-corrected chi connectivity index (χ4v) is 2.41. The van der Waals surface area contributed by atoms with Crippen molar-refractivity contribution in [2.45, 2.75) is 26.3 Å². The molecule has 0 spiro atoms. The lowest BCUT2D eigenvalue weighted by Gasteiger charge is -2.22. The standard InChI is InChI=1S/C17H23N3O/c1-12(2)15(10-11-18)19-17(21)20-16-9-5-7-13-6-3-4-8-14(13)16/h3-9,12,15H,10-11,18H2,1-2H3,(H2,19,20,21). The smallest absolute Gasteiger partial charge is 0.319 e. The monoisotopic (exact) mass is 285 g/mol. The Bertz CT molecular complexity index is 605. The molecule has 0 radical (unpaired) electrons. The molecule has 0 heterocycles. The number of carbonyl (C=O) groups excluding carboxylic acids is 1. The molecule has 0 saturated carbocycles. The van der Waals surface area contributed by atoms with Gasteiger partial charge in [0.2, 0.25) is 0 Å². The molecule has 0 bridgehead atoms. The summed E-state index contributed by atoms with van der Waals surface area (Å²) < 4.78 is 0. The topological polar surface area (TPSA) is 67.1 Å². The van der Waals surface area contributed by atoms with Crippen molar-refractivity contribution < 1.29 is 4.79 Å². The molecule has 2 rings (SSSR count). The van der Waals surface area contributed by atoms with Gasteiger partial charge in [-0.25, -0.2) is 4.79 Å². The quantitative estimate of drug-likeness (QED) is 0.788. The van der Waals surface area contributed by atoms with Crippen molar-refractivity contribution in [3.05, 3.63) is 42.5 Å². The summed E-state index contributed by atoms with van der Waals surface area (Å²) in [4.78, 5) is 12.2. The first-order valence-corrected chi connectivity index (χ1v) is 7.37. The van der Waals surface area contributed by atoms with Crippen molar-refractivity contribution in [2.75, 3.05) is 11.9 Å². The SMILES string of the molecule is CC(C)C(CCN)NC(=O)Nc1cccc2ccccc12. The fourth-order valence-electron chi connectivity index (χ4n) is 2.41. The molecule has 2 aromatic carbocycles. The number of benzene rings is 2. The van der Waals surface area contributed by atoms with E-state index in [1.807, 2.05) is 42.5 Å². The lowest BCUT2D eigenvalue weighted by molar-refractivity contribution is 0.243. The molecule has 4 nitrogen and oxygen atoms in total. The number of carbonyl (C=O) groups is 1. The van der Waals surface area contributed by atoms with Gasteiger partial charge in [-0.1, -0.05) is 50.2 Å². The van der Waals surface area contributed by atoms with Crippen molar-refractivity contribution in [3.8, 4) is 0 Å². The average Bonchev–Trinajstić information content (AvgIpc) is 2.47. The lowest BCUT2D eigenvalue weighted by atomic mass is 10.0. The molecule has 0 saturated heterocycles. The van der Waals surface area contributed by atoms with Gasteiger partial charge in [-0.3, -0.25) is 0 Å². The molecular weight excluding hydrogens is 262 g/mol. The Labute approximate surface area is 125 Å². The van der Waals surface area contributed by atoms with Crippen LogP contribution in [-0.2, 0) is 0 Å². The van der Waals surface area contributed by atoms with E-state index in [-0.39, 0.29) is 12.1 Å². The van der Waals surface area contributed by atoms with Gasteiger partial charge in [0.05, 0.1) is 5.69 Å². The third-order valence-corrected chi connectivity index (χ3v) is 3.64. The Morgan fingerprint density at radius 3 is 2.57 bits per heavy atom. The number of rotatable bonds is 5. The first kappa shape index (κ1) is 15.3. The maximum absolute atomic E-state index is 12.2. The second kappa shape index (κ2) is 7.09. The maximum atomic E-state index is 12.2. The van der Waals surface area contributed by atoms with E-state index in [2.05, 4.69) is 24.5 Å². The van der Waals surface area contributed by atoms with E-state index in [0.29, 0.717) is 12.5 Å². The average molecular weight is 285 g/mol. The first-order valence-electron chi connectivity index (χ1n) is 7.37. The molecule has 112 valence electrons. The fraction of sp³-hybridized carbons (Fsp3) is 0.353. The van der Waals surface area contributed by atoms with Crippen LogP contribution in [0.15, 0.2) is 42.5 Å². The number of hydrogen-bond donors (Lipinski definition) is 3. The molecule has 0 aromatic heterocycles. The van der Waals surface area contributed by atoms with Crippen LogP contribution >= 0.6 is 0 Å². The van der Waals surface area contributed by atoms with E-state index in [0.717, 1.165) is 22.9 Å². The van der Waals surface area contributed by atoms with Crippen LogP contribution in [-0.4, -0.2) is 18.6 Å². The normalized spacial score (nSPS) is 12.4. The van der Waals surface area contributed by atoms with E-state index >= 15 is 0 Å². The molecule has 1 unspecified atom stereocenters. The highest BCUT2D eigenvalue weighted by atomic mass is 16.2. The van der Waals surface area contributed by atoms with Gasteiger partial charge in [-0.05, 0) is 30.3 Å². The van der Waals surface area contributed by atoms with Gasteiger partial charge in [0, 0.05) is 11.4 Å². The van der Waals surface area contributed by atoms with Gasteiger partial charge < -0.3 is 16.4 Å². The molecule has 0 fully saturated rings. The zero-order valence-electron chi connectivity index (χ0n) is 12.6. The summed E-state index contributed by atoms with van der Waals surface area (Å²) in [5, 5.41) is 8.08. The summed E-state index contributed by atoms with van der Waals surface area (Å²) in [5.74, 6) is 0.354. The summed E-state index contributed by atoms with van der Waals surface area (Å²) in [6.07, 6.45) is 0.778. The minimum Gasteiger partial charge on any atom is -0.335 e. The van der Waals surface area contributed by atoms with Crippen LogP contribution in [0.1, 0.15) is 20.3 Å². The third-order valence-electron chi connectivity index (χ3n) is 3.64. The van der Waals surface area contributed by atoms with Gasteiger partial charge in [0.15, 0.2) is 0 Å². The van der Waals surface area contributed by atoms with Crippen molar-refractivity contribution in [1.82, 2.24) is 5.32 Å². The van der Waals surface area contributed by atoms with Crippen LogP contribution < -0.4 is 16.4 Å². The Balaban J connectivity index is 2.11. The number of anilines is 1. The van der Waals surface area contributed by atoms with Crippen LogP contribution in [0, 0.1) is 5.92 Å². The summed E-state index contributed by atoms with van der Waals surface area (Å²) in [6, 6.07) is 13.8. The zero-order chi connectivity index (χ0) is 15.2. The summed E-state index contributed by atoms with van der Waals surface area (Å²) >= 11 is 0. The van der Waals surface area contributed by atoms with Crippen LogP contribution in [0.5, 0.6) is 0 Å². The molecule has 0 aliphatic heterocycles. The zero-order valence-corrected chi connectivity index (χ0v) is 12.6. The maximum Gasteiger partial charge on any atom is 0.319 e. The van der Waals surface area contributed by atoms with Crippen molar-refractivity contribution in [1.29, 1.82) is 0 Å². The van der Waals surface area contributed by atoms with Crippen molar-refractivity contribution in [2.24, 2.45) is 11.7 Å². The van der Waals surface area contributed by atoms with E-state index < -0.39 is 0 Å².